The van der Waals surface area contributed by atoms with Crippen molar-refractivity contribution in [3.8, 4) is 33.8 Å². The van der Waals surface area contributed by atoms with Gasteiger partial charge in [0.05, 0.1) is 28.1 Å². The van der Waals surface area contributed by atoms with Gasteiger partial charge in [-0.1, -0.05) is 97.1 Å². The molecule has 0 N–H and O–H groups in total. The van der Waals surface area contributed by atoms with Gasteiger partial charge in [0, 0.05) is 22.5 Å². The van der Waals surface area contributed by atoms with E-state index in [1.54, 1.807) is 6.20 Å². The Balaban J connectivity index is 1.32. The molecule has 3 nitrogen and oxygen atoms in total. The predicted octanol–water partition coefficient (Wildman–Crippen LogP) is 8.33. The van der Waals surface area contributed by atoms with E-state index in [1.807, 2.05) is 24.3 Å². The average molecular weight is 460 g/mol. The summed E-state index contributed by atoms with van der Waals surface area (Å²) in [5, 5.41) is 4.65. The lowest BCUT2D eigenvalue weighted by Gasteiger charge is -2.10. The minimum Gasteiger partial charge on any atom is -0.255 e. The van der Waals surface area contributed by atoms with Gasteiger partial charge < -0.3 is 0 Å². The largest absolute Gasteiger partial charge is 0.255 e. The van der Waals surface area contributed by atoms with Crippen molar-refractivity contribution in [1.82, 2.24) is 15.0 Å². The minimum absolute atomic E-state index is 0.849. The molecule has 0 aliphatic rings. The van der Waals surface area contributed by atoms with Gasteiger partial charge in [-0.25, -0.2) is 9.97 Å². The van der Waals surface area contributed by atoms with Crippen molar-refractivity contribution in [2.24, 2.45) is 0 Å². The third-order valence-electron chi connectivity index (χ3n) is 6.73. The molecule has 0 spiro atoms. The second kappa shape index (κ2) is 8.40. The normalized spacial score (nSPS) is 11.3. The molecule has 0 saturated heterocycles. The second-order valence-corrected chi connectivity index (χ2v) is 8.92. The van der Waals surface area contributed by atoms with Crippen LogP contribution in [0.5, 0.6) is 0 Å². The van der Waals surface area contributed by atoms with Gasteiger partial charge in [0.15, 0.2) is 0 Å². The fraction of sp³-hybridized carbons (Fsp3) is 0. The molecule has 168 valence electrons. The van der Waals surface area contributed by atoms with Crippen molar-refractivity contribution >= 4 is 32.6 Å². The van der Waals surface area contributed by atoms with Crippen molar-refractivity contribution in [3.05, 3.63) is 128 Å². The lowest BCUT2D eigenvalue weighted by Crippen LogP contribution is -1.92. The molecule has 0 aliphatic carbocycles. The second-order valence-electron chi connectivity index (χ2n) is 8.92. The van der Waals surface area contributed by atoms with Crippen LogP contribution in [-0.2, 0) is 0 Å². The molecule has 4 aromatic carbocycles. The maximum atomic E-state index is 5.08. The lowest BCUT2D eigenvalue weighted by molar-refractivity contribution is 1.27. The van der Waals surface area contributed by atoms with Crippen LogP contribution in [0.15, 0.2) is 128 Å². The summed E-state index contributed by atoms with van der Waals surface area (Å²) >= 11 is 0. The summed E-state index contributed by atoms with van der Waals surface area (Å²) in [4.78, 5) is 14.5. The Morgan fingerprint density at radius 2 is 1.03 bits per heavy atom. The van der Waals surface area contributed by atoms with Gasteiger partial charge in [0.1, 0.15) is 0 Å². The van der Waals surface area contributed by atoms with Crippen LogP contribution in [0.4, 0.5) is 0 Å². The molecular formula is C33H21N3. The highest BCUT2D eigenvalue weighted by atomic mass is 14.8. The zero-order valence-electron chi connectivity index (χ0n) is 19.5. The maximum Gasteiger partial charge on any atom is 0.0973 e. The first-order valence-corrected chi connectivity index (χ1v) is 12.0. The number of benzene rings is 4. The van der Waals surface area contributed by atoms with Gasteiger partial charge in [-0.15, -0.1) is 0 Å². The van der Waals surface area contributed by atoms with Gasteiger partial charge in [-0.2, -0.15) is 0 Å². The molecule has 0 atom stereocenters. The van der Waals surface area contributed by atoms with Crippen LogP contribution in [-0.4, -0.2) is 15.0 Å². The molecule has 7 aromatic rings. The highest BCUT2D eigenvalue weighted by Crippen LogP contribution is 2.32. The Hall–Kier alpha value is -4.89. The Bertz CT molecular complexity index is 1870. The van der Waals surface area contributed by atoms with Crippen LogP contribution < -0.4 is 0 Å². The van der Waals surface area contributed by atoms with Crippen LogP contribution >= 0.6 is 0 Å². The molecule has 0 saturated carbocycles. The van der Waals surface area contributed by atoms with Gasteiger partial charge in [-0.3, -0.25) is 4.98 Å². The van der Waals surface area contributed by atoms with E-state index in [-0.39, 0.29) is 0 Å². The summed E-state index contributed by atoms with van der Waals surface area (Å²) in [5.74, 6) is 0. The fourth-order valence-electron chi connectivity index (χ4n) is 4.88. The molecule has 0 unspecified atom stereocenters. The smallest absolute Gasteiger partial charge is 0.0973 e. The number of hydrogen-bond donors (Lipinski definition) is 0. The van der Waals surface area contributed by atoms with Gasteiger partial charge in [-0.05, 0) is 46.2 Å². The SMILES string of the molecule is c1ccc(-c2ccc3ccc4ccc(-c5ccc(-c6cccc7ccccc67)cc5)nc4c3n2)nc1. The van der Waals surface area contributed by atoms with Gasteiger partial charge in [0.2, 0.25) is 0 Å². The van der Waals surface area contributed by atoms with Crippen LogP contribution in [0.2, 0.25) is 0 Å². The van der Waals surface area contributed by atoms with Crippen LogP contribution in [0.3, 0.4) is 0 Å². The van der Waals surface area contributed by atoms with Crippen LogP contribution in [0, 0.1) is 0 Å². The van der Waals surface area contributed by atoms with Gasteiger partial charge in [0.25, 0.3) is 0 Å². The third-order valence-corrected chi connectivity index (χ3v) is 6.73. The zero-order valence-corrected chi connectivity index (χ0v) is 19.5. The standard InChI is InChI=1S/C33H21N3/c1-2-8-27-22(6-1)7-5-9-28(27)23-11-13-24(14-12-23)29-19-17-25-15-16-26-18-20-31(30-10-3-4-21-34-30)36-33(26)32(25)35-29/h1-21H. The molecule has 0 amide bonds. The van der Waals surface area contributed by atoms with Crippen LogP contribution in [0.25, 0.3) is 66.4 Å². The number of aromatic nitrogens is 3. The molecule has 0 aliphatic heterocycles. The molecule has 3 heterocycles. The topological polar surface area (TPSA) is 38.7 Å². The molecule has 36 heavy (non-hydrogen) atoms. The first-order valence-electron chi connectivity index (χ1n) is 12.0. The Morgan fingerprint density at radius 1 is 0.389 bits per heavy atom. The third kappa shape index (κ3) is 3.50. The van der Waals surface area contributed by atoms with E-state index in [1.165, 1.54) is 21.9 Å². The Labute approximate surface area is 208 Å². The fourth-order valence-corrected chi connectivity index (χ4v) is 4.88. The van der Waals surface area contributed by atoms with E-state index >= 15 is 0 Å². The van der Waals surface area contributed by atoms with Crippen molar-refractivity contribution in [1.29, 1.82) is 0 Å². The number of fused-ring (bicyclic) bond motifs is 4. The van der Waals surface area contributed by atoms with E-state index in [4.69, 9.17) is 9.97 Å². The Kier molecular flexibility index (Phi) is 4.78. The van der Waals surface area contributed by atoms with E-state index in [0.717, 1.165) is 44.5 Å². The Morgan fingerprint density at radius 3 is 1.81 bits per heavy atom. The lowest BCUT2D eigenvalue weighted by atomic mass is 9.97. The molecule has 3 heteroatoms. The molecule has 0 bridgehead atoms. The zero-order chi connectivity index (χ0) is 23.9. The number of hydrogen-bond acceptors (Lipinski definition) is 3. The number of nitrogens with zero attached hydrogens (tertiary/aromatic N) is 3. The summed E-state index contributed by atoms with van der Waals surface area (Å²) in [6.45, 7) is 0. The number of rotatable bonds is 3. The van der Waals surface area contributed by atoms with E-state index < -0.39 is 0 Å². The molecule has 3 aromatic heterocycles. The van der Waals surface area contributed by atoms with Crippen LogP contribution in [0.1, 0.15) is 0 Å². The van der Waals surface area contributed by atoms with Crippen molar-refractivity contribution in [2.75, 3.05) is 0 Å². The van der Waals surface area contributed by atoms with E-state index in [0.29, 0.717) is 0 Å². The van der Waals surface area contributed by atoms with Crippen molar-refractivity contribution in [2.45, 2.75) is 0 Å². The first kappa shape index (κ1) is 20.5. The summed E-state index contributed by atoms with van der Waals surface area (Å²) in [6.07, 6.45) is 1.79. The maximum absolute atomic E-state index is 5.08. The molecular weight excluding hydrogens is 438 g/mol. The van der Waals surface area contributed by atoms with Crippen molar-refractivity contribution < 1.29 is 0 Å². The number of pyridine rings is 3. The van der Waals surface area contributed by atoms with Gasteiger partial charge >= 0.3 is 0 Å². The van der Waals surface area contributed by atoms with Crippen molar-refractivity contribution in [3.63, 3.8) is 0 Å². The monoisotopic (exact) mass is 459 g/mol. The summed E-state index contributed by atoms with van der Waals surface area (Å²) in [6, 6.07) is 42.1. The highest BCUT2D eigenvalue weighted by Gasteiger charge is 2.10. The predicted molar refractivity (Wildman–Crippen MR) is 149 cm³/mol. The molecule has 0 fully saturated rings. The van der Waals surface area contributed by atoms with E-state index in [2.05, 4.69) is 102 Å². The highest BCUT2D eigenvalue weighted by molar-refractivity contribution is 6.04. The van der Waals surface area contributed by atoms with E-state index in [9.17, 15) is 0 Å². The summed E-state index contributed by atoms with van der Waals surface area (Å²) < 4.78 is 0. The molecule has 7 rings (SSSR count). The minimum atomic E-state index is 0.849. The molecule has 0 radical (unpaired) electrons. The summed E-state index contributed by atoms with van der Waals surface area (Å²) in [5.41, 5.74) is 7.96. The first-order chi connectivity index (χ1) is 17.8. The average Bonchev–Trinajstić information content (AvgIpc) is 2.97. The quantitative estimate of drug-likeness (QED) is 0.249. The summed E-state index contributed by atoms with van der Waals surface area (Å²) in [7, 11) is 0.